The molecule has 0 atom stereocenters. The summed E-state index contributed by atoms with van der Waals surface area (Å²) in [5, 5.41) is 8.52. The van der Waals surface area contributed by atoms with Crippen LogP contribution in [0.4, 0.5) is 4.39 Å². The lowest BCUT2D eigenvalue weighted by molar-refractivity contribution is 0.0456. The monoisotopic (exact) mass is 382 g/mol. The van der Waals surface area contributed by atoms with Gasteiger partial charge in [-0.2, -0.15) is 0 Å². The van der Waals surface area contributed by atoms with Crippen molar-refractivity contribution < 1.29 is 18.7 Å². The number of benzene rings is 2. The van der Waals surface area contributed by atoms with Gasteiger partial charge in [-0.05, 0) is 24.3 Å². The molecule has 0 saturated carbocycles. The Morgan fingerprint density at radius 1 is 1.18 bits per heavy atom. The van der Waals surface area contributed by atoms with Gasteiger partial charge in [0.25, 0.3) is 5.56 Å². The average Bonchev–Trinajstić information content (AvgIpc) is 3.14. The zero-order chi connectivity index (χ0) is 19.8. The predicted molar refractivity (Wildman–Crippen MR) is 97.8 cm³/mol. The second-order valence-electron chi connectivity index (χ2n) is 6.05. The second kappa shape index (κ2) is 6.76. The van der Waals surface area contributed by atoms with E-state index in [4.69, 9.17) is 9.47 Å². The maximum atomic E-state index is 14.1. The molecule has 0 aliphatic carbocycles. The van der Waals surface area contributed by atoms with Gasteiger partial charge >= 0.3 is 5.97 Å². The Morgan fingerprint density at radius 2 is 1.96 bits per heavy atom. The first-order chi connectivity index (χ1) is 13.5. The molecule has 142 valence electrons. The lowest BCUT2D eigenvalue weighted by atomic mass is 10.2. The number of carbonyl (C=O) groups is 1. The zero-order valence-corrected chi connectivity index (χ0v) is 15.0. The number of ether oxygens (including phenoxy) is 2. The summed E-state index contributed by atoms with van der Waals surface area (Å²) in [5.41, 5.74) is 0.165. The second-order valence-corrected chi connectivity index (χ2v) is 6.05. The largest absolute Gasteiger partial charge is 0.497 e. The molecule has 4 aromatic rings. The molecular formula is C19H15FN4O4. The highest BCUT2D eigenvalue weighted by Crippen LogP contribution is 2.18. The molecule has 0 aliphatic heterocycles. The lowest BCUT2D eigenvalue weighted by Gasteiger charge is -2.09. The van der Waals surface area contributed by atoms with Crippen molar-refractivity contribution in [3.63, 3.8) is 0 Å². The molecular weight excluding hydrogens is 367 g/mol. The van der Waals surface area contributed by atoms with Gasteiger partial charge in [-0.15, -0.1) is 10.2 Å². The fourth-order valence-electron chi connectivity index (χ4n) is 2.98. The van der Waals surface area contributed by atoms with E-state index in [-0.39, 0.29) is 17.7 Å². The predicted octanol–water partition coefficient (Wildman–Crippen LogP) is 2.09. The minimum atomic E-state index is -0.842. The van der Waals surface area contributed by atoms with Gasteiger partial charge in [-0.1, -0.05) is 12.1 Å². The molecule has 4 rings (SSSR count). The minimum Gasteiger partial charge on any atom is -0.497 e. The summed E-state index contributed by atoms with van der Waals surface area (Å²) in [6.07, 6.45) is 0. The zero-order valence-electron chi connectivity index (χ0n) is 15.0. The van der Waals surface area contributed by atoms with Crippen LogP contribution in [0.1, 0.15) is 16.2 Å². The van der Waals surface area contributed by atoms with Crippen LogP contribution in [-0.4, -0.2) is 32.2 Å². The van der Waals surface area contributed by atoms with Crippen molar-refractivity contribution in [3.8, 4) is 5.75 Å². The first-order valence-corrected chi connectivity index (χ1v) is 8.33. The van der Waals surface area contributed by atoms with E-state index in [2.05, 4.69) is 10.2 Å². The number of aromatic nitrogens is 4. The van der Waals surface area contributed by atoms with Crippen molar-refractivity contribution in [1.29, 1.82) is 0 Å². The van der Waals surface area contributed by atoms with Crippen LogP contribution in [0.5, 0.6) is 5.75 Å². The lowest BCUT2D eigenvalue weighted by Crippen LogP contribution is -2.20. The van der Waals surface area contributed by atoms with E-state index in [0.717, 1.165) is 6.07 Å². The molecule has 2 heterocycles. The third-order valence-corrected chi connectivity index (χ3v) is 4.42. The molecule has 0 fully saturated rings. The van der Waals surface area contributed by atoms with Gasteiger partial charge in [0.1, 0.15) is 11.6 Å². The van der Waals surface area contributed by atoms with Gasteiger partial charge < -0.3 is 9.47 Å². The van der Waals surface area contributed by atoms with Gasteiger partial charge in [0, 0.05) is 13.1 Å². The third kappa shape index (κ3) is 2.77. The Labute approximate surface area is 157 Å². The van der Waals surface area contributed by atoms with Crippen molar-refractivity contribution >= 4 is 22.6 Å². The number of aryl methyl sites for hydroxylation is 1. The molecule has 0 saturated heterocycles. The number of nitrogens with zero attached hydrogens (tertiary/aromatic N) is 4. The van der Waals surface area contributed by atoms with Crippen molar-refractivity contribution in [3.05, 3.63) is 70.0 Å². The SMILES string of the molecule is COc1ccc(C(=O)OCc2nnc3n(C)c(=O)c4ccccc4n23)c(F)c1. The molecule has 8 nitrogen and oxygen atoms in total. The van der Waals surface area contributed by atoms with Crippen molar-refractivity contribution in [2.24, 2.45) is 7.05 Å². The number of hydrogen-bond donors (Lipinski definition) is 0. The van der Waals surface area contributed by atoms with Gasteiger partial charge in [0.05, 0.1) is 23.6 Å². The number of esters is 1. The van der Waals surface area contributed by atoms with E-state index < -0.39 is 11.8 Å². The summed E-state index contributed by atoms with van der Waals surface area (Å²) in [6, 6.07) is 10.8. The summed E-state index contributed by atoms with van der Waals surface area (Å²) in [7, 11) is 2.99. The van der Waals surface area contributed by atoms with E-state index in [1.165, 1.54) is 23.8 Å². The smallest absolute Gasteiger partial charge is 0.341 e. The topological polar surface area (TPSA) is 87.7 Å². The van der Waals surface area contributed by atoms with Gasteiger partial charge in [-0.25, -0.2) is 9.18 Å². The van der Waals surface area contributed by atoms with E-state index in [1.54, 1.807) is 35.7 Å². The maximum absolute atomic E-state index is 14.1. The molecule has 0 bridgehead atoms. The Morgan fingerprint density at radius 3 is 2.71 bits per heavy atom. The molecule has 9 heteroatoms. The number of fused-ring (bicyclic) bond motifs is 3. The van der Waals surface area contributed by atoms with Crippen LogP contribution in [-0.2, 0) is 18.4 Å². The Hall–Kier alpha value is -3.75. The highest BCUT2D eigenvalue weighted by molar-refractivity contribution is 5.89. The fraction of sp³-hybridized carbons (Fsp3) is 0.158. The molecule has 0 radical (unpaired) electrons. The molecule has 0 spiro atoms. The van der Waals surface area contributed by atoms with Gasteiger partial charge in [-0.3, -0.25) is 13.8 Å². The third-order valence-electron chi connectivity index (χ3n) is 4.42. The molecule has 2 aromatic heterocycles. The molecule has 28 heavy (non-hydrogen) atoms. The van der Waals surface area contributed by atoms with E-state index in [1.807, 2.05) is 0 Å². The molecule has 0 N–H and O–H groups in total. The quantitative estimate of drug-likeness (QED) is 0.502. The van der Waals surface area contributed by atoms with E-state index in [0.29, 0.717) is 28.3 Å². The average molecular weight is 382 g/mol. The summed E-state index contributed by atoms with van der Waals surface area (Å²) in [6.45, 7) is -0.242. The standard InChI is InChI=1S/C19H15FN4O4/c1-23-17(25)13-5-3-4-6-15(13)24-16(21-22-19(23)24)10-28-18(26)12-8-7-11(27-2)9-14(12)20/h3-9H,10H2,1-2H3. The van der Waals surface area contributed by atoms with Gasteiger partial charge in [0.2, 0.25) is 5.78 Å². The Kier molecular flexibility index (Phi) is 4.26. The van der Waals surface area contributed by atoms with Crippen LogP contribution in [0, 0.1) is 5.82 Å². The number of halogens is 1. The summed E-state index contributed by atoms with van der Waals surface area (Å²) >= 11 is 0. The molecule has 0 unspecified atom stereocenters. The number of rotatable bonds is 4. The number of para-hydroxylation sites is 1. The summed E-state index contributed by atoms with van der Waals surface area (Å²) in [5.74, 6) is -0.673. The van der Waals surface area contributed by atoms with Crippen molar-refractivity contribution in [2.45, 2.75) is 6.61 Å². The minimum absolute atomic E-state index is 0.209. The number of carbonyl (C=O) groups excluding carboxylic acids is 1. The van der Waals surface area contributed by atoms with Crippen LogP contribution in [0.15, 0.2) is 47.3 Å². The maximum Gasteiger partial charge on any atom is 0.341 e. The van der Waals surface area contributed by atoms with Crippen LogP contribution in [0.25, 0.3) is 16.7 Å². The number of hydrogen-bond acceptors (Lipinski definition) is 6. The highest BCUT2D eigenvalue weighted by Gasteiger charge is 2.18. The van der Waals surface area contributed by atoms with Crippen LogP contribution in [0.3, 0.4) is 0 Å². The van der Waals surface area contributed by atoms with Crippen LogP contribution in [0.2, 0.25) is 0 Å². The number of methoxy groups -OCH3 is 1. The fourth-order valence-corrected chi connectivity index (χ4v) is 2.98. The highest BCUT2D eigenvalue weighted by atomic mass is 19.1. The molecule has 2 aromatic carbocycles. The van der Waals surface area contributed by atoms with Crippen LogP contribution >= 0.6 is 0 Å². The van der Waals surface area contributed by atoms with E-state index >= 15 is 0 Å². The Bertz CT molecular complexity index is 1280. The van der Waals surface area contributed by atoms with Crippen molar-refractivity contribution in [2.75, 3.05) is 7.11 Å². The normalized spacial score (nSPS) is 11.1. The first kappa shape index (κ1) is 17.7. The first-order valence-electron chi connectivity index (χ1n) is 8.33. The Balaban J connectivity index is 1.70. The van der Waals surface area contributed by atoms with Gasteiger partial charge in [0.15, 0.2) is 12.4 Å². The van der Waals surface area contributed by atoms with Crippen molar-refractivity contribution in [1.82, 2.24) is 19.2 Å². The molecule has 0 aliphatic rings. The summed E-state index contributed by atoms with van der Waals surface area (Å²) in [4.78, 5) is 24.7. The molecule has 0 amide bonds. The van der Waals surface area contributed by atoms with E-state index in [9.17, 15) is 14.0 Å². The summed E-state index contributed by atoms with van der Waals surface area (Å²) < 4.78 is 27.2. The van der Waals surface area contributed by atoms with Crippen LogP contribution < -0.4 is 10.3 Å².